The summed E-state index contributed by atoms with van der Waals surface area (Å²) in [5.74, 6) is -1.02. The van der Waals surface area contributed by atoms with E-state index in [-0.39, 0.29) is 17.5 Å². The van der Waals surface area contributed by atoms with Crippen molar-refractivity contribution in [2.75, 3.05) is 19.0 Å². The van der Waals surface area contributed by atoms with Crippen LogP contribution in [0.2, 0.25) is 0 Å². The highest BCUT2D eigenvalue weighted by Gasteiger charge is 2.43. The van der Waals surface area contributed by atoms with Crippen molar-refractivity contribution >= 4 is 27.5 Å². The molecule has 0 bridgehead atoms. The lowest BCUT2D eigenvalue weighted by atomic mass is 10.2. The molecule has 29 heavy (non-hydrogen) atoms. The van der Waals surface area contributed by atoms with Crippen LogP contribution in [0.5, 0.6) is 5.75 Å². The van der Waals surface area contributed by atoms with E-state index in [9.17, 15) is 13.2 Å². The van der Waals surface area contributed by atoms with Crippen LogP contribution in [0.15, 0.2) is 47.1 Å². The van der Waals surface area contributed by atoms with Gasteiger partial charge in [-0.25, -0.2) is 8.42 Å². The van der Waals surface area contributed by atoms with Crippen LogP contribution in [-0.4, -0.2) is 49.8 Å². The first-order chi connectivity index (χ1) is 13.6. The number of hydrogen-bond acceptors (Lipinski definition) is 5. The molecule has 1 aliphatic rings. The van der Waals surface area contributed by atoms with Gasteiger partial charge in [0.15, 0.2) is 9.84 Å². The third kappa shape index (κ3) is 5.64. The summed E-state index contributed by atoms with van der Waals surface area (Å²) in [6, 6.07) is 6.59. The Morgan fingerprint density at radius 1 is 1.31 bits per heavy atom. The topological polar surface area (TPSA) is 146 Å². The number of carbonyl (C=O) groups excluding carboxylic acids is 1. The van der Waals surface area contributed by atoms with Crippen molar-refractivity contribution in [2.45, 2.75) is 25.0 Å². The van der Waals surface area contributed by atoms with E-state index >= 15 is 0 Å². The van der Waals surface area contributed by atoms with Gasteiger partial charge < -0.3 is 20.9 Å². The van der Waals surface area contributed by atoms with Crippen molar-refractivity contribution in [3.8, 4) is 5.75 Å². The Hall–Kier alpha value is -2.72. The van der Waals surface area contributed by atoms with Gasteiger partial charge in [0.05, 0.1) is 18.6 Å². The fraction of sp³-hybridized carbons (Fsp3) is 0.421. The number of benzene rings is 1. The molecule has 1 atom stereocenters. The Labute approximate surface area is 170 Å². The van der Waals surface area contributed by atoms with Crippen LogP contribution >= 0.6 is 0 Å². The van der Waals surface area contributed by atoms with E-state index in [1.807, 2.05) is 0 Å². The number of nitrogens with two attached hydrogens (primary N) is 2. The summed E-state index contributed by atoms with van der Waals surface area (Å²) in [5, 5.41) is 0. The van der Waals surface area contributed by atoms with E-state index in [1.165, 1.54) is 20.1 Å². The molecule has 0 spiro atoms. The number of amides is 1. The highest BCUT2D eigenvalue weighted by molar-refractivity contribution is 7.93. The van der Waals surface area contributed by atoms with E-state index in [2.05, 4.69) is 16.6 Å². The molecule has 4 N–H and O–H groups in total. The molecule has 1 amide bonds. The second kappa shape index (κ2) is 9.19. The number of hydrogen-bond donors (Lipinski definition) is 2. The Morgan fingerprint density at radius 2 is 1.97 bits per heavy atom. The summed E-state index contributed by atoms with van der Waals surface area (Å²) in [6.07, 6.45) is 1.94. The van der Waals surface area contributed by atoms with Crippen LogP contribution in [-0.2, 0) is 19.4 Å². The molecule has 1 aliphatic heterocycles. The first-order valence-corrected chi connectivity index (χ1v) is 10.6. The molecule has 0 aromatic heterocycles. The summed E-state index contributed by atoms with van der Waals surface area (Å²) in [5.41, 5.74) is 12.1. The Balaban J connectivity index is 2.14. The van der Waals surface area contributed by atoms with E-state index in [0.29, 0.717) is 30.9 Å². The molecule has 158 valence electrons. The molecule has 0 aliphatic carbocycles. The van der Waals surface area contributed by atoms with E-state index < -0.39 is 26.5 Å². The Kier molecular flexibility index (Phi) is 7.15. The molecule has 1 fully saturated rings. The Morgan fingerprint density at radius 3 is 2.52 bits per heavy atom. The Bertz CT molecular complexity index is 914. The number of guanidine groups is 1. The maximum atomic E-state index is 12.7. The third-order valence-electron chi connectivity index (χ3n) is 4.59. The fourth-order valence-electron chi connectivity index (χ4n) is 2.62. The monoisotopic (exact) mass is 422 g/mol. The summed E-state index contributed by atoms with van der Waals surface area (Å²) >= 11 is 0. The van der Waals surface area contributed by atoms with E-state index in [0.717, 1.165) is 0 Å². The van der Waals surface area contributed by atoms with Gasteiger partial charge in [0.2, 0.25) is 5.96 Å². The average Bonchev–Trinajstić information content (AvgIpc) is 3.14. The minimum Gasteiger partial charge on any atom is -0.466 e. The molecule has 1 aromatic rings. The van der Waals surface area contributed by atoms with Crippen LogP contribution < -0.4 is 16.2 Å². The van der Waals surface area contributed by atoms with Crippen molar-refractivity contribution in [1.29, 1.82) is 0 Å². The van der Waals surface area contributed by atoms with Gasteiger partial charge in [0.1, 0.15) is 16.3 Å². The zero-order valence-corrected chi connectivity index (χ0v) is 17.3. The quantitative estimate of drug-likeness (QED) is 0.378. The van der Waals surface area contributed by atoms with Crippen LogP contribution in [0.1, 0.15) is 25.8 Å². The van der Waals surface area contributed by atoms with Crippen LogP contribution in [0.4, 0.5) is 0 Å². The predicted octanol–water partition coefficient (Wildman–Crippen LogP) is 0.985. The lowest BCUT2D eigenvalue weighted by Gasteiger charge is -2.22. The van der Waals surface area contributed by atoms with Gasteiger partial charge in [-0.15, -0.1) is 0 Å². The third-order valence-corrected chi connectivity index (χ3v) is 7.23. The molecule has 1 saturated heterocycles. The van der Waals surface area contributed by atoms with Gasteiger partial charge in [0, 0.05) is 12.2 Å². The summed E-state index contributed by atoms with van der Waals surface area (Å²) in [7, 11) is -3.77. The predicted molar refractivity (Wildman–Crippen MR) is 111 cm³/mol. The number of rotatable bonds is 7. The largest absolute Gasteiger partial charge is 0.466 e. The SMILES string of the molecule is C=COc1ccc(C(N)=NC(N)=NC(=O)C(C)(C)S(=O)(=O)CC2CCOC2)cc1. The first kappa shape index (κ1) is 22.6. The van der Waals surface area contributed by atoms with Crippen molar-refractivity contribution in [2.24, 2.45) is 27.4 Å². The molecule has 1 unspecified atom stereocenters. The highest BCUT2D eigenvalue weighted by Crippen LogP contribution is 2.25. The molecule has 1 aromatic carbocycles. The van der Waals surface area contributed by atoms with Crippen molar-refractivity contribution in [3.05, 3.63) is 42.7 Å². The van der Waals surface area contributed by atoms with Crippen molar-refractivity contribution < 1.29 is 22.7 Å². The summed E-state index contributed by atoms with van der Waals surface area (Å²) in [6.45, 7) is 6.97. The number of sulfone groups is 1. The molecular formula is C19H26N4O5S. The van der Waals surface area contributed by atoms with Gasteiger partial charge in [-0.2, -0.15) is 9.98 Å². The van der Waals surface area contributed by atoms with Gasteiger partial charge in [-0.1, -0.05) is 6.58 Å². The number of aliphatic imine (C=N–C) groups is 2. The van der Waals surface area contributed by atoms with E-state index in [4.69, 9.17) is 20.9 Å². The second-order valence-corrected chi connectivity index (χ2v) is 9.69. The number of carbonyl (C=O) groups is 1. The van der Waals surface area contributed by atoms with Gasteiger partial charge >= 0.3 is 0 Å². The lowest BCUT2D eigenvalue weighted by Crippen LogP contribution is -2.43. The minimum absolute atomic E-state index is 0.0213. The average molecular weight is 423 g/mol. The zero-order chi connectivity index (χ0) is 21.7. The van der Waals surface area contributed by atoms with Crippen LogP contribution in [0.25, 0.3) is 0 Å². The molecule has 0 saturated carbocycles. The van der Waals surface area contributed by atoms with Crippen molar-refractivity contribution in [3.63, 3.8) is 0 Å². The van der Waals surface area contributed by atoms with Gasteiger partial charge in [0.25, 0.3) is 5.91 Å². The summed E-state index contributed by atoms with van der Waals surface area (Å²) in [4.78, 5) is 20.0. The number of amidine groups is 1. The molecule has 9 nitrogen and oxygen atoms in total. The molecular weight excluding hydrogens is 396 g/mol. The van der Waals surface area contributed by atoms with E-state index in [1.54, 1.807) is 24.3 Å². The maximum absolute atomic E-state index is 12.7. The second-order valence-electron chi connectivity index (χ2n) is 7.10. The fourth-order valence-corrected chi connectivity index (χ4v) is 4.23. The molecule has 1 heterocycles. The first-order valence-electron chi connectivity index (χ1n) is 8.97. The summed E-state index contributed by atoms with van der Waals surface area (Å²) < 4.78 is 34.0. The zero-order valence-electron chi connectivity index (χ0n) is 16.5. The number of ether oxygens (including phenoxy) is 2. The van der Waals surface area contributed by atoms with Crippen LogP contribution in [0.3, 0.4) is 0 Å². The van der Waals surface area contributed by atoms with Gasteiger partial charge in [-0.3, -0.25) is 4.79 Å². The minimum atomic E-state index is -3.77. The maximum Gasteiger partial charge on any atom is 0.269 e. The highest BCUT2D eigenvalue weighted by atomic mass is 32.2. The van der Waals surface area contributed by atoms with Crippen molar-refractivity contribution in [1.82, 2.24) is 0 Å². The smallest absolute Gasteiger partial charge is 0.269 e. The lowest BCUT2D eigenvalue weighted by molar-refractivity contribution is -0.119. The molecule has 10 heteroatoms. The van der Waals surface area contributed by atoms with Gasteiger partial charge in [-0.05, 0) is 50.5 Å². The van der Waals surface area contributed by atoms with Crippen LogP contribution in [0, 0.1) is 5.92 Å². The standard InChI is InChI=1S/C19H26N4O5S/c1-4-28-15-7-5-14(6-8-15)16(20)22-18(21)23-17(24)19(2,3)29(25,26)12-13-9-10-27-11-13/h4-8,13H,1,9-12H2,2-3H3,(H4,20,21,22,23,24). The molecule has 2 rings (SSSR count). The normalized spacial score (nSPS) is 18.5. The molecule has 0 radical (unpaired) electrons. The number of nitrogens with zero attached hydrogens (tertiary/aromatic N) is 2.